The van der Waals surface area contributed by atoms with Gasteiger partial charge < -0.3 is 14.2 Å². The van der Waals surface area contributed by atoms with Crippen molar-refractivity contribution in [2.75, 3.05) is 13.2 Å². The van der Waals surface area contributed by atoms with Crippen LogP contribution in [0.4, 0.5) is 0 Å². The van der Waals surface area contributed by atoms with Crippen LogP contribution in [0.25, 0.3) is 0 Å². The first kappa shape index (κ1) is 16.4. The van der Waals surface area contributed by atoms with E-state index in [4.69, 9.17) is 14.2 Å². The van der Waals surface area contributed by atoms with Gasteiger partial charge in [-0.25, -0.2) is 0 Å². The maximum atomic E-state index is 12.1. The van der Waals surface area contributed by atoms with Crippen molar-refractivity contribution in [2.45, 2.75) is 66.3 Å². The molecule has 1 aliphatic heterocycles. The van der Waals surface area contributed by atoms with E-state index < -0.39 is 11.2 Å². The van der Waals surface area contributed by atoms with Gasteiger partial charge in [0.15, 0.2) is 5.79 Å². The minimum Gasteiger partial charge on any atom is -0.462 e. The van der Waals surface area contributed by atoms with Gasteiger partial charge in [-0.05, 0) is 40.0 Å². The summed E-state index contributed by atoms with van der Waals surface area (Å²) in [6.07, 6.45) is 1.76. The first-order valence-corrected chi connectivity index (χ1v) is 7.15. The fourth-order valence-electron chi connectivity index (χ4n) is 2.31. The highest BCUT2D eigenvalue weighted by atomic mass is 16.7. The number of carbonyl (C=O) groups excluding carboxylic acids is 1. The van der Waals surface area contributed by atoms with E-state index in [0.29, 0.717) is 12.5 Å². The highest BCUT2D eigenvalue weighted by Gasteiger charge is 2.35. The highest BCUT2D eigenvalue weighted by Crippen LogP contribution is 2.29. The number of rotatable bonds is 6. The van der Waals surface area contributed by atoms with E-state index in [2.05, 4.69) is 13.8 Å². The second-order valence-corrected chi connectivity index (χ2v) is 6.65. The van der Waals surface area contributed by atoms with Crippen LogP contribution < -0.4 is 0 Å². The lowest BCUT2D eigenvalue weighted by Gasteiger charge is -2.26. The van der Waals surface area contributed by atoms with Crippen LogP contribution in [0.1, 0.15) is 54.4 Å². The monoisotopic (exact) mass is 272 g/mol. The van der Waals surface area contributed by atoms with Gasteiger partial charge in [0.2, 0.25) is 0 Å². The molecule has 1 heterocycles. The van der Waals surface area contributed by atoms with Crippen molar-refractivity contribution in [3.8, 4) is 0 Å². The molecule has 0 saturated carbocycles. The van der Waals surface area contributed by atoms with Crippen molar-refractivity contribution in [3.05, 3.63) is 0 Å². The topological polar surface area (TPSA) is 44.8 Å². The molecule has 4 nitrogen and oxygen atoms in total. The van der Waals surface area contributed by atoms with Crippen molar-refractivity contribution in [3.63, 3.8) is 0 Å². The van der Waals surface area contributed by atoms with Gasteiger partial charge in [-0.2, -0.15) is 0 Å². The summed E-state index contributed by atoms with van der Waals surface area (Å²) < 4.78 is 16.4. The smallest absolute Gasteiger partial charge is 0.311 e. The Hall–Kier alpha value is -0.610. The molecule has 1 saturated heterocycles. The molecule has 1 rings (SSSR count). The van der Waals surface area contributed by atoms with E-state index in [1.165, 1.54) is 0 Å². The standard InChI is InChI=1S/C15H28O4/c1-7-11(2)8-14(3,4)13(16)17-9-12-10-18-15(5,6)19-12/h11-12H,7-10H2,1-6H3. The summed E-state index contributed by atoms with van der Waals surface area (Å²) in [5, 5.41) is 0. The average Bonchev–Trinajstić information content (AvgIpc) is 2.65. The van der Waals surface area contributed by atoms with Gasteiger partial charge in [0.25, 0.3) is 0 Å². The molecule has 0 aromatic heterocycles. The maximum absolute atomic E-state index is 12.1. The molecule has 1 aliphatic rings. The zero-order chi connectivity index (χ0) is 14.7. The third kappa shape index (κ3) is 5.11. The van der Waals surface area contributed by atoms with Gasteiger partial charge in [-0.1, -0.05) is 20.3 Å². The van der Waals surface area contributed by atoms with E-state index in [9.17, 15) is 4.79 Å². The van der Waals surface area contributed by atoms with Crippen LogP contribution in [-0.4, -0.2) is 31.1 Å². The summed E-state index contributed by atoms with van der Waals surface area (Å²) in [6, 6.07) is 0. The summed E-state index contributed by atoms with van der Waals surface area (Å²) in [5.74, 6) is -0.197. The molecule has 2 atom stereocenters. The molecule has 2 unspecified atom stereocenters. The van der Waals surface area contributed by atoms with Crippen LogP contribution in [0.3, 0.4) is 0 Å². The maximum Gasteiger partial charge on any atom is 0.311 e. The van der Waals surface area contributed by atoms with Gasteiger partial charge in [-0.3, -0.25) is 4.79 Å². The fraction of sp³-hybridized carbons (Fsp3) is 0.933. The molecule has 0 spiro atoms. The van der Waals surface area contributed by atoms with Crippen LogP contribution in [0.5, 0.6) is 0 Å². The molecule has 0 amide bonds. The van der Waals surface area contributed by atoms with Crippen LogP contribution in [0.2, 0.25) is 0 Å². The lowest BCUT2D eigenvalue weighted by molar-refractivity contribution is -0.166. The van der Waals surface area contributed by atoms with Crippen molar-refractivity contribution in [1.29, 1.82) is 0 Å². The van der Waals surface area contributed by atoms with Gasteiger partial charge in [-0.15, -0.1) is 0 Å². The van der Waals surface area contributed by atoms with Crippen molar-refractivity contribution in [1.82, 2.24) is 0 Å². The second-order valence-electron chi connectivity index (χ2n) is 6.65. The van der Waals surface area contributed by atoms with E-state index in [1.54, 1.807) is 0 Å². The van der Waals surface area contributed by atoms with Crippen LogP contribution in [0, 0.1) is 11.3 Å². The number of carbonyl (C=O) groups is 1. The molecule has 19 heavy (non-hydrogen) atoms. The predicted octanol–water partition coefficient (Wildman–Crippen LogP) is 3.14. The fourth-order valence-corrected chi connectivity index (χ4v) is 2.31. The number of esters is 1. The second kappa shape index (κ2) is 6.23. The van der Waals surface area contributed by atoms with E-state index in [-0.39, 0.29) is 18.7 Å². The minimum atomic E-state index is -0.566. The Labute approximate surface area is 116 Å². The quantitative estimate of drug-likeness (QED) is 0.697. The Morgan fingerprint density at radius 3 is 2.58 bits per heavy atom. The Morgan fingerprint density at radius 1 is 1.47 bits per heavy atom. The molecule has 112 valence electrons. The van der Waals surface area contributed by atoms with Gasteiger partial charge >= 0.3 is 5.97 Å². The SMILES string of the molecule is CCC(C)CC(C)(C)C(=O)OCC1COC(C)(C)O1. The van der Waals surface area contributed by atoms with E-state index >= 15 is 0 Å². The molecule has 0 bridgehead atoms. The van der Waals surface area contributed by atoms with Gasteiger partial charge in [0.1, 0.15) is 12.7 Å². The minimum absolute atomic E-state index is 0.152. The summed E-state index contributed by atoms with van der Waals surface area (Å²) in [5.41, 5.74) is -0.440. The predicted molar refractivity (Wildman–Crippen MR) is 73.7 cm³/mol. The molecule has 0 aliphatic carbocycles. The summed E-state index contributed by atoms with van der Waals surface area (Å²) in [7, 11) is 0. The molecule has 0 radical (unpaired) electrons. The molecule has 0 aromatic carbocycles. The van der Waals surface area contributed by atoms with Crippen LogP contribution in [-0.2, 0) is 19.0 Å². The summed E-state index contributed by atoms with van der Waals surface area (Å²) in [4.78, 5) is 12.1. The zero-order valence-electron chi connectivity index (χ0n) is 13.1. The summed E-state index contributed by atoms with van der Waals surface area (Å²) >= 11 is 0. The van der Waals surface area contributed by atoms with Crippen molar-refractivity contribution in [2.24, 2.45) is 11.3 Å². The Balaban J connectivity index is 2.38. The lowest BCUT2D eigenvalue weighted by Crippen LogP contribution is -2.32. The molecule has 4 heteroatoms. The first-order chi connectivity index (χ1) is 8.66. The number of hydrogen-bond donors (Lipinski definition) is 0. The molecule has 1 fully saturated rings. The third-order valence-corrected chi connectivity index (χ3v) is 3.58. The number of hydrogen-bond acceptors (Lipinski definition) is 4. The lowest BCUT2D eigenvalue weighted by atomic mass is 9.82. The molecular formula is C15H28O4. The summed E-state index contributed by atoms with van der Waals surface area (Å²) in [6.45, 7) is 12.7. The largest absolute Gasteiger partial charge is 0.462 e. The molecule has 0 aromatic rings. The van der Waals surface area contributed by atoms with Gasteiger partial charge in [0.05, 0.1) is 12.0 Å². The van der Waals surface area contributed by atoms with Crippen molar-refractivity contribution >= 4 is 5.97 Å². The Bertz CT molecular complexity index is 309. The van der Waals surface area contributed by atoms with Crippen LogP contribution in [0.15, 0.2) is 0 Å². The van der Waals surface area contributed by atoms with Crippen molar-refractivity contribution < 1.29 is 19.0 Å². The normalized spacial score (nSPS) is 24.2. The van der Waals surface area contributed by atoms with E-state index in [1.807, 2.05) is 27.7 Å². The molecule has 0 N–H and O–H groups in total. The highest BCUT2D eigenvalue weighted by molar-refractivity contribution is 5.75. The van der Waals surface area contributed by atoms with Crippen LogP contribution >= 0.6 is 0 Å². The van der Waals surface area contributed by atoms with Gasteiger partial charge in [0, 0.05) is 0 Å². The Morgan fingerprint density at radius 2 is 2.11 bits per heavy atom. The Kier molecular flexibility index (Phi) is 5.39. The third-order valence-electron chi connectivity index (χ3n) is 3.58. The molecular weight excluding hydrogens is 244 g/mol. The zero-order valence-corrected chi connectivity index (χ0v) is 13.1. The first-order valence-electron chi connectivity index (χ1n) is 7.15. The number of ether oxygens (including phenoxy) is 3. The van der Waals surface area contributed by atoms with E-state index in [0.717, 1.165) is 12.8 Å². The average molecular weight is 272 g/mol.